The van der Waals surface area contributed by atoms with Crippen molar-refractivity contribution in [1.29, 1.82) is 0 Å². The van der Waals surface area contributed by atoms with E-state index in [1.807, 2.05) is 65.0 Å². The van der Waals surface area contributed by atoms with Crippen molar-refractivity contribution in [2.24, 2.45) is 35.5 Å². The number of carbonyl (C=O) groups is 4. The highest BCUT2D eigenvalue weighted by Gasteiger charge is 2.53. The van der Waals surface area contributed by atoms with Gasteiger partial charge >= 0.3 is 5.97 Å². The molecule has 3 fully saturated rings. The number of esters is 1. The molecule has 388 valence electrons. The molecule has 0 radical (unpaired) electrons. The number of ether oxygens (including phenoxy) is 5. The maximum absolute atomic E-state index is 14.5. The molecule has 2 bridgehead atoms. The summed E-state index contributed by atoms with van der Waals surface area (Å²) in [5.74, 6) is -1.37. The largest absolute Gasteiger partial charge is 0.460 e. The Morgan fingerprint density at radius 3 is 2.29 bits per heavy atom. The molecular formula is C55H85NO13. The van der Waals surface area contributed by atoms with E-state index in [2.05, 4.69) is 11.8 Å². The summed E-state index contributed by atoms with van der Waals surface area (Å²) in [6, 6.07) is -1.12. The molecule has 1 amide bonds. The van der Waals surface area contributed by atoms with Crippen molar-refractivity contribution in [3.8, 4) is 11.8 Å². The van der Waals surface area contributed by atoms with Gasteiger partial charge in [-0.05, 0) is 107 Å². The fourth-order valence-corrected chi connectivity index (χ4v) is 10.5. The van der Waals surface area contributed by atoms with Crippen LogP contribution in [0.5, 0.6) is 0 Å². The van der Waals surface area contributed by atoms with E-state index in [0.29, 0.717) is 63.4 Å². The van der Waals surface area contributed by atoms with Crippen LogP contribution in [0.2, 0.25) is 0 Å². The number of cyclic esters (lactones) is 1. The third-order valence-corrected chi connectivity index (χ3v) is 15.0. The number of nitrogens with zero attached hydrogens (tertiary/aromatic N) is 1. The van der Waals surface area contributed by atoms with E-state index in [1.165, 1.54) is 12.0 Å². The van der Waals surface area contributed by atoms with Crippen molar-refractivity contribution in [3.63, 3.8) is 0 Å². The molecule has 4 N–H and O–H groups in total. The lowest BCUT2D eigenvalue weighted by atomic mass is 9.78. The molecule has 14 heteroatoms. The highest BCUT2D eigenvalue weighted by atomic mass is 16.6. The molecule has 1 saturated carbocycles. The lowest BCUT2D eigenvalue weighted by molar-refractivity contribution is -0.265. The first-order valence-electron chi connectivity index (χ1n) is 25.6. The Morgan fingerprint density at radius 2 is 1.59 bits per heavy atom. The number of aliphatic hydroxyl groups excluding tert-OH is 3. The van der Waals surface area contributed by atoms with Gasteiger partial charge in [-0.15, -0.1) is 5.92 Å². The fraction of sp³-hybridized carbons (Fsp3) is 0.745. The molecular weight excluding hydrogens is 883 g/mol. The zero-order chi connectivity index (χ0) is 51.0. The second kappa shape index (κ2) is 27.9. The van der Waals surface area contributed by atoms with Crippen molar-refractivity contribution >= 4 is 23.4 Å². The Labute approximate surface area is 412 Å². The number of hydrogen-bond acceptors (Lipinski definition) is 13. The summed E-state index contributed by atoms with van der Waals surface area (Å²) in [6.45, 7) is 15.1. The molecule has 0 aromatic carbocycles. The number of aliphatic hydroxyl groups is 4. The topological polar surface area (TPSA) is 199 Å². The number of methoxy groups -OCH3 is 2. The summed E-state index contributed by atoms with van der Waals surface area (Å²) in [6.07, 6.45) is 11.2. The Hall–Kier alpha value is -3.52. The number of fused-ring (bicyclic) bond motifs is 3. The van der Waals surface area contributed by atoms with E-state index in [-0.39, 0.29) is 62.1 Å². The lowest BCUT2D eigenvalue weighted by Gasteiger charge is -2.43. The number of carbonyl (C=O) groups excluding carboxylic acids is 4. The van der Waals surface area contributed by atoms with Crippen LogP contribution < -0.4 is 0 Å². The van der Waals surface area contributed by atoms with Crippen molar-refractivity contribution in [1.82, 2.24) is 4.90 Å². The van der Waals surface area contributed by atoms with Crippen LogP contribution >= 0.6 is 0 Å². The van der Waals surface area contributed by atoms with Crippen molar-refractivity contribution in [2.75, 3.05) is 27.4 Å². The highest BCUT2D eigenvalue weighted by Crippen LogP contribution is 2.38. The lowest BCUT2D eigenvalue weighted by Crippen LogP contribution is -2.61. The van der Waals surface area contributed by atoms with E-state index >= 15 is 0 Å². The van der Waals surface area contributed by atoms with Crippen LogP contribution in [-0.4, -0.2) is 137 Å². The minimum absolute atomic E-state index is 0.0118. The SMILES string of the molecule is CCC#CCO[C@H]1C[C@@H]2CC[C@@H](C)[C@@](O)(O2)C(=O)C(=O)N2CCCC[C@H]2C(=O)O[C@H]([C@H](C)C[C@H]2CC[C@@H](O)[C@H](OC)C2)C[C@H](O)[C@H](C)/C=C(\C)[C@@H](O)[C@@H](OC)C(=O)[C@H](C)C[C@H](C)\C=C/C=C/C=C/1C. The van der Waals surface area contributed by atoms with Gasteiger partial charge in [-0.2, -0.15) is 0 Å². The van der Waals surface area contributed by atoms with Gasteiger partial charge in [0.05, 0.1) is 30.5 Å². The maximum Gasteiger partial charge on any atom is 0.329 e. The molecule has 69 heavy (non-hydrogen) atoms. The van der Waals surface area contributed by atoms with Crippen LogP contribution in [0, 0.1) is 47.3 Å². The fourth-order valence-electron chi connectivity index (χ4n) is 10.5. The second-order valence-corrected chi connectivity index (χ2v) is 20.6. The summed E-state index contributed by atoms with van der Waals surface area (Å²) in [5, 5.41) is 45.9. The molecule has 3 heterocycles. The molecule has 3 aliphatic heterocycles. The zero-order valence-corrected chi connectivity index (χ0v) is 43.1. The Bertz CT molecular complexity index is 1880. The molecule has 0 aromatic heterocycles. The highest BCUT2D eigenvalue weighted by molar-refractivity contribution is 6.39. The number of Topliss-reactive ketones (excluding diaryl/α,β-unsaturated/α-hetero) is 2. The van der Waals surface area contributed by atoms with Gasteiger partial charge in [0, 0.05) is 57.8 Å². The van der Waals surface area contributed by atoms with E-state index in [1.54, 1.807) is 34.0 Å². The number of rotatable bonds is 7. The standard InChI is InChI=1S/C55H85NO13/c1-11-12-18-27-67-46-32-42-24-22-40(8)55(64,69-42)52(61)53(62)56-26-17-16-21-43(56)54(63)68-47(37(5)30-41-23-25-44(57)48(31-41)65-9)33-45(58)36(4)29-39(7)50(60)51(66-10)49(59)38(6)28-34(2)19-14-13-15-20-35(46)3/h13-15,19-20,29,34,36-38,40-48,50-51,57-58,60,64H,11,16-17,21-28,30-33H2,1-10H3/b15-13+,19-14-,35-20+,39-29+/t34-,36-,37-,38-,40-,41-,42+,43+,44-,45+,46+,47+,48-,50-,51+,55-/m1/s1. The normalized spacial score (nSPS) is 39.6. The molecule has 2 saturated heterocycles. The third-order valence-electron chi connectivity index (χ3n) is 15.0. The van der Waals surface area contributed by atoms with Crippen LogP contribution in [-0.2, 0) is 42.9 Å². The average molecular weight is 968 g/mol. The minimum Gasteiger partial charge on any atom is -0.460 e. The first kappa shape index (κ1) is 58.1. The predicted molar refractivity (Wildman–Crippen MR) is 263 cm³/mol. The molecule has 4 rings (SSSR count). The van der Waals surface area contributed by atoms with Crippen molar-refractivity contribution < 1.29 is 63.3 Å². The number of hydrogen-bond donors (Lipinski definition) is 4. The summed E-state index contributed by atoms with van der Waals surface area (Å²) >= 11 is 0. The third kappa shape index (κ3) is 16.2. The van der Waals surface area contributed by atoms with Crippen LogP contribution in [0.4, 0.5) is 0 Å². The summed E-state index contributed by atoms with van der Waals surface area (Å²) < 4.78 is 30.0. The van der Waals surface area contributed by atoms with Gasteiger partial charge in [0.25, 0.3) is 11.7 Å². The maximum atomic E-state index is 14.5. The molecule has 4 aliphatic rings. The molecule has 14 nitrogen and oxygen atoms in total. The zero-order valence-electron chi connectivity index (χ0n) is 43.1. The van der Waals surface area contributed by atoms with E-state index in [9.17, 15) is 39.6 Å². The molecule has 0 spiro atoms. The summed E-state index contributed by atoms with van der Waals surface area (Å²) in [4.78, 5) is 58.2. The minimum atomic E-state index is -2.45. The van der Waals surface area contributed by atoms with Gasteiger partial charge in [0.15, 0.2) is 5.78 Å². The molecule has 0 unspecified atom stereocenters. The Morgan fingerprint density at radius 1 is 0.855 bits per heavy atom. The van der Waals surface area contributed by atoms with Gasteiger partial charge in [-0.25, -0.2) is 4.79 Å². The Balaban J connectivity index is 1.72. The molecule has 1 aliphatic carbocycles. The number of piperidine rings is 1. The van der Waals surface area contributed by atoms with Gasteiger partial charge in [-0.1, -0.05) is 83.9 Å². The first-order chi connectivity index (χ1) is 32.7. The summed E-state index contributed by atoms with van der Waals surface area (Å²) in [7, 11) is 2.97. The van der Waals surface area contributed by atoms with Crippen LogP contribution in [0.15, 0.2) is 47.6 Å². The van der Waals surface area contributed by atoms with E-state index in [4.69, 9.17) is 23.7 Å². The van der Waals surface area contributed by atoms with E-state index < -0.39 is 90.0 Å². The first-order valence-corrected chi connectivity index (χ1v) is 25.6. The number of ketones is 2. The van der Waals surface area contributed by atoms with Crippen LogP contribution in [0.3, 0.4) is 0 Å². The quantitative estimate of drug-likeness (QED) is 0.0905. The molecule has 16 atom stereocenters. The van der Waals surface area contributed by atoms with Crippen LogP contribution in [0.25, 0.3) is 0 Å². The number of allylic oxidation sites excluding steroid dienone is 5. The smallest absolute Gasteiger partial charge is 0.329 e. The van der Waals surface area contributed by atoms with E-state index in [0.717, 1.165) is 12.0 Å². The van der Waals surface area contributed by atoms with Gasteiger partial charge in [-0.3, -0.25) is 14.4 Å². The number of amides is 1. The van der Waals surface area contributed by atoms with Gasteiger partial charge in [0.2, 0.25) is 5.79 Å². The van der Waals surface area contributed by atoms with Crippen molar-refractivity contribution in [3.05, 3.63) is 47.6 Å². The monoisotopic (exact) mass is 968 g/mol. The van der Waals surface area contributed by atoms with Gasteiger partial charge < -0.3 is 49.0 Å². The predicted octanol–water partition coefficient (Wildman–Crippen LogP) is 6.76. The second-order valence-electron chi connectivity index (χ2n) is 20.6. The molecule has 0 aromatic rings. The van der Waals surface area contributed by atoms with Gasteiger partial charge in [0.1, 0.15) is 31.0 Å². The summed E-state index contributed by atoms with van der Waals surface area (Å²) in [5.41, 5.74) is 1.30. The van der Waals surface area contributed by atoms with Crippen molar-refractivity contribution in [2.45, 2.75) is 200 Å². The van der Waals surface area contributed by atoms with Crippen LogP contribution in [0.1, 0.15) is 139 Å². The average Bonchev–Trinajstić information content (AvgIpc) is 3.32. The Kier molecular flexibility index (Phi) is 23.5.